The van der Waals surface area contributed by atoms with Crippen molar-refractivity contribution >= 4 is 33.2 Å². The first-order chi connectivity index (χ1) is 9.72. The van der Waals surface area contributed by atoms with Crippen LogP contribution in [-0.2, 0) is 11.3 Å². The molecule has 8 heteroatoms. The van der Waals surface area contributed by atoms with Gasteiger partial charge in [-0.1, -0.05) is 6.07 Å². The first-order valence-corrected chi connectivity index (χ1v) is 7.27. The molecular formula is C12H8BrN3O3S. The van der Waals surface area contributed by atoms with Gasteiger partial charge in [-0.15, -0.1) is 21.5 Å². The number of aromatic amines is 1. The van der Waals surface area contributed by atoms with Gasteiger partial charge < -0.3 is 14.1 Å². The second kappa shape index (κ2) is 5.59. The molecule has 0 unspecified atom stereocenters. The second-order valence-corrected chi connectivity index (χ2v) is 5.65. The Hall–Kier alpha value is -1.93. The van der Waals surface area contributed by atoms with E-state index in [1.54, 1.807) is 12.3 Å². The Kier molecular flexibility index (Phi) is 3.66. The molecule has 3 aromatic heterocycles. The quantitative estimate of drug-likeness (QED) is 0.728. The average molecular weight is 354 g/mol. The zero-order valence-electron chi connectivity index (χ0n) is 10.00. The zero-order chi connectivity index (χ0) is 13.9. The van der Waals surface area contributed by atoms with Crippen LogP contribution in [0.15, 0.2) is 38.7 Å². The third-order valence-electron chi connectivity index (χ3n) is 2.39. The molecule has 3 rings (SSSR count). The summed E-state index contributed by atoms with van der Waals surface area (Å²) in [5.74, 6) is 0.201. The highest BCUT2D eigenvalue weighted by Gasteiger charge is 2.13. The van der Waals surface area contributed by atoms with Crippen molar-refractivity contribution in [3.8, 4) is 10.8 Å². The van der Waals surface area contributed by atoms with Gasteiger partial charge in [-0.05, 0) is 33.4 Å². The first-order valence-electron chi connectivity index (χ1n) is 5.59. The van der Waals surface area contributed by atoms with E-state index in [9.17, 15) is 4.79 Å². The van der Waals surface area contributed by atoms with E-state index >= 15 is 0 Å². The van der Waals surface area contributed by atoms with Crippen LogP contribution in [0.1, 0.15) is 16.4 Å². The molecule has 0 aliphatic heterocycles. The van der Waals surface area contributed by atoms with Crippen molar-refractivity contribution in [3.63, 3.8) is 0 Å². The van der Waals surface area contributed by atoms with Crippen LogP contribution in [0.4, 0.5) is 0 Å². The van der Waals surface area contributed by atoms with Crippen molar-refractivity contribution in [1.29, 1.82) is 0 Å². The second-order valence-electron chi connectivity index (χ2n) is 3.79. The van der Waals surface area contributed by atoms with Crippen LogP contribution < -0.4 is 0 Å². The normalized spacial score (nSPS) is 10.7. The molecule has 1 N–H and O–H groups in total. The summed E-state index contributed by atoms with van der Waals surface area (Å²) in [5, 5.41) is 9.66. The van der Waals surface area contributed by atoms with E-state index in [2.05, 4.69) is 31.1 Å². The number of H-pyrrole nitrogens is 1. The van der Waals surface area contributed by atoms with Crippen LogP contribution in [0.25, 0.3) is 10.8 Å². The Bertz CT molecular complexity index is 720. The lowest BCUT2D eigenvalue weighted by molar-refractivity contribution is 0.0432. The molecule has 3 heterocycles. The van der Waals surface area contributed by atoms with Crippen LogP contribution in [0.5, 0.6) is 0 Å². The smallest absolute Gasteiger partial charge is 0.355 e. The van der Waals surface area contributed by atoms with E-state index in [0.717, 1.165) is 9.35 Å². The number of ether oxygens (including phenoxy) is 1. The molecule has 0 aliphatic rings. The average Bonchev–Trinajstić information content (AvgIpc) is 3.16. The highest BCUT2D eigenvalue weighted by atomic mass is 79.9. The van der Waals surface area contributed by atoms with Gasteiger partial charge in [0.15, 0.2) is 6.61 Å². The molecule has 20 heavy (non-hydrogen) atoms. The molecule has 0 saturated heterocycles. The summed E-state index contributed by atoms with van der Waals surface area (Å²) in [5.41, 5.74) is 0.356. The predicted molar refractivity (Wildman–Crippen MR) is 75.2 cm³/mol. The largest absolute Gasteiger partial charge is 0.451 e. The molecule has 0 fully saturated rings. The number of thiophene rings is 1. The summed E-state index contributed by atoms with van der Waals surface area (Å²) >= 11 is 4.74. The number of hydrogen-bond donors (Lipinski definition) is 1. The van der Waals surface area contributed by atoms with Crippen molar-refractivity contribution in [3.05, 3.63) is 45.8 Å². The lowest BCUT2D eigenvalue weighted by Gasteiger charge is -1.98. The van der Waals surface area contributed by atoms with Crippen molar-refractivity contribution in [2.45, 2.75) is 6.61 Å². The van der Waals surface area contributed by atoms with E-state index in [1.165, 1.54) is 11.3 Å². The molecule has 6 nitrogen and oxygen atoms in total. The summed E-state index contributed by atoms with van der Waals surface area (Å²) in [6.07, 6.45) is 1.65. The molecule has 3 aromatic rings. The summed E-state index contributed by atoms with van der Waals surface area (Å²) in [4.78, 5) is 15.4. The molecular weight excluding hydrogens is 346 g/mol. The summed E-state index contributed by atoms with van der Waals surface area (Å²) < 4.78 is 11.3. The highest BCUT2D eigenvalue weighted by molar-refractivity contribution is 9.10. The molecule has 0 bridgehead atoms. The van der Waals surface area contributed by atoms with Gasteiger partial charge in [0.25, 0.3) is 11.8 Å². The zero-order valence-corrected chi connectivity index (χ0v) is 12.4. The van der Waals surface area contributed by atoms with Crippen molar-refractivity contribution in [1.82, 2.24) is 15.2 Å². The summed E-state index contributed by atoms with van der Waals surface area (Å²) in [6.45, 7) is -0.0617. The molecule has 0 aromatic carbocycles. The molecule has 0 saturated carbocycles. The topological polar surface area (TPSA) is 81.0 Å². The molecule has 0 amide bonds. The maximum absolute atomic E-state index is 11.7. The van der Waals surface area contributed by atoms with Gasteiger partial charge in [0, 0.05) is 10.7 Å². The molecule has 102 valence electrons. The Balaban J connectivity index is 1.63. The molecule has 0 aliphatic carbocycles. The van der Waals surface area contributed by atoms with Gasteiger partial charge >= 0.3 is 5.97 Å². The van der Waals surface area contributed by atoms with E-state index < -0.39 is 5.97 Å². The van der Waals surface area contributed by atoms with Crippen LogP contribution in [-0.4, -0.2) is 21.2 Å². The Labute approximate surface area is 125 Å². The van der Waals surface area contributed by atoms with Gasteiger partial charge in [0.2, 0.25) is 0 Å². The van der Waals surface area contributed by atoms with E-state index in [0.29, 0.717) is 11.6 Å². The number of nitrogens with one attached hydrogen (secondary N) is 1. The standard InChI is InChI=1S/C12H8BrN3O3S/c13-7-4-8(14-5-7)12(17)18-6-10-15-16-11(19-10)9-2-1-3-20-9/h1-5,14H,6H2. The number of nitrogens with zero attached hydrogens (tertiary/aromatic N) is 2. The fourth-order valence-electron chi connectivity index (χ4n) is 1.50. The number of aromatic nitrogens is 3. The van der Waals surface area contributed by atoms with Gasteiger partial charge in [0.1, 0.15) is 5.69 Å². The number of carbonyl (C=O) groups is 1. The summed E-state index contributed by atoms with van der Waals surface area (Å²) in [7, 11) is 0. The Morgan fingerprint density at radius 3 is 3.10 bits per heavy atom. The predicted octanol–water partition coefficient (Wildman–Crippen LogP) is 3.25. The lowest BCUT2D eigenvalue weighted by Crippen LogP contribution is -2.05. The minimum Gasteiger partial charge on any atom is -0.451 e. The van der Waals surface area contributed by atoms with Crippen molar-refractivity contribution < 1.29 is 13.9 Å². The number of esters is 1. The van der Waals surface area contributed by atoms with E-state index in [1.807, 2.05) is 17.5 Å². The van der Waals surface area contributed by atoms with Crippen LogP contribution >= 0.6 is 27.3 Å². The third kappa shape index (κ3) is 2.81. The van der Waals surface area contributed by atoms with Crippen LogP contribution in [0.3, 0.4) is 0 Å². The minimum absolute atomic E-state index is 0.0617. The Morgan fingerprint density at radius 2 is 2.40 bits per heavy atom. The lowest BCUT2D eigenvalue weighted by atomic mass is 10.4. The summed E-state index contributed by atoms with van der Waals surface area (Å²) in [6, 6.07) is 5.41. The number of halogens is 1. The van der Waals surface area contributed by atoms with Crippen molar-refractivity contribution in [2.75, 3.05) is 0 Å². The van der Waals surface area contributed by atoms with Gasteiger partial charge in [-0.25, -0.2) is 4.79 Å². The number of hydrogen-bond acceptors (Lipinski definition) is 6. The van der Waals surface area contributed by atoms with Crippen LogP contribution in [0, 0.1) is 0 Å². The molecule has 0 atom stereocenters. The minimum atomic E-state index is -0.480. The monoisotopic (exact) mass is 353 g/mol. The van der Waals surface area contributed by atoms with E-state index in [4.69, 9.17) is 9.15 Å². The SMILES string of the molecule is O=C(OCc1nnc(-c2cccs2)o1)c1cc(Br)c[nH]1. The third-order valence-corrected chi connectivity index (χ3v) is 3.71. The molecule has 0 radical (unpaired) electrons. The highest BCUT2D eigenvalue weighted by Crippen LogP contribution is 2.23. The van der Waals surface area contributed by atoms with Gasteiger partial charge in [-0.3, -0.25) is 0 Å². The van der Waals surface area contributed by atoms with Gasteiger partial charge in [0.05, 0.1) is 4.88 Å². The molecule has 0 spiro atoms. The fraction of sp³-hybridized carbons (Fsp3) is 0.0833. The first kappa shape index (κ1) is 13.1. The fourth-order valence-corrected chi connectivity index (χ4v) is 2.49. The Morgan fingerprint density at radius 1 is 1.50 bits per heavy atom. The van der Waals surface area contributed by atoms with Gasteiger partial charge in [-0.2, -0.15) is 0 Å². The van der Waals surface area contributed by atoms with Crippen molar-refractivity contribution in [2.24, 2.45) is 0 Å². The number of carbonyl (C=O) groups excluding carboxylic acids is 1. The van der Waals surface area contributed by atoms with Crippen LogP contribution in [0.2, 0.25) is 0 Å². The number of rotatable bonds is 4. The maximum Gasteiger partial charge on any atom is 0.355 e. The van der Waals surface area contributed by atoms with E-state index in [-0.39, 0.29) is 12.5 Å². The maximum atomic E-state index is 11.7.